The van der Waals surface area contributed by atoms with Crippen LogP contribution in [0.1, 0.15) is 285 Å². The molecule has 0 radical (unpaired) electrons. The number of para-hydroxylation sites is 2. The molecule has 0 aliphatic carbocycles. The van der Waals surface area contributed by atoms with Crippen LogP contribution in [-0.2, 0) is 82.4 Å². The lowest BCUT2D eigenvalue weighted by atomic mass is 9.95. The molecule has 23 nitrogen and oxygen atoms in total. The number of carbonyl (C=O) groups excluding carboxylic acids is 6. The molecule has 0 aromatic heterocycles. The Kier molecular flexibility index (Phi) is 46.7. The lowest BCUT2D eigenvalue weighted by Crippen LogP contribution is -2.67. The lowest BCUT2D eigenvalue weighted by molar-refractivity contribution is -0.304. The van der Waals surface area contributed by atoms with Crippen LogP contribution in [0.4, 0.5) is 0 Å². The number of unbranched alkanes of at least 4 members (excludes halogenated alkanes) is 22. The average Bonchev–Trinajstić information content (AvgIpc) is 0.773. The van der Waals surface area contributed by atoms with Gasteiger partial charge in [-0.05, 0) is 87.6 Å². The fourth-order valence-electron chi connectivity index (χ4n) is 13.3. The zero-order valence-electron chi connectivity index (χ0n) is 65.1. The van der Waals surface area contributed by atoms with Crippen molar-refractivity contribution in [2.24, 2.45) is 0 Å². The summed E-state index contributed by atoms with van der Waals surface area (Å²) >= 11 is 0. The van der Waals surface area contributed by atoms with Gasteiger partial charge in [0.1, 0.15) is 72.4 Å². The molecule has 2 fully saturated rings. The number of aliphatic hydroxyl groups excluding tert-OH is 3. The van der Waals surface area contributed by atoms with E-state index in [1.54, 1.807) is 48.5 Å². The van der Waals surface area contributed by atoms with Crippen LogP contribution in [-0.4, -0.2) is 144 Å². The van der Waals surface area contributed by atoms with Crippen LogP contribution in [0, 0.1) is 0 Å². The van der Waals surface area contributed by atoms with E-state index in [9.17, 15) is 34.5 Å². The standard InChI is InChI=1S/C83H131N2O21P/c1-7-13-16-19-22-24-27-30-38-53-65(98-72(89)44-10-4)56-70(87)84-76-79(94)78(93)69(102-82(76)96-60-62-47-35-32-36-48-62)61-97-83-77(85-71(88)57-66(99-73(90)45-11-5)54-37-29-26-21-18-15-9-3)81(103-75(92)58-67(100-74(91)46-12-6)55-39-31-28-25-23-20-17-14-8-2)80(68(59-86)101-83)106-107(95,104-63-49-40-33-41-50-63)105-64-51-42-34-43-52-64/h32-36,40-43,47-52,65-69,76-83,86,93-94H,7-31,37-39,44-46,53-61H2,1-6H3,(H,84,87)(H,85,88)/t65-,66-,67-,68-,69-,76-,77-,78-,79-,80-,81-,82-,83-/m1/s1. The zero-order chi connectivity index (χ0) is 77.3. The molecule has 0 unspecified atom stereocenters. The summed E-state index contributed by atoms with van der Waals surface area (Å²) in [5, 5.41) is 41.8. The van der Waals surface area contributed by atoms with Crippen molar-refractivity contribution >= 4 is 43.5 Å². The molecular weight excluding hydrogens is 1390 g/mol. The van der Waals surface area contributed by atoms with Gasteiger partial charge in [-0.1, -0.05) is 250 Å². The van der Waals surface area contributed by atoms with Gasteiger partial charge in [0.05, 0.1) is 39.1 Å². The molecule has 2 aliphatic rings. The van der Waals surface area contributed by atoms with Crippen LogP contribution in [0.3, 0.4) is 0 Å². The van der Waals surface area contributed by atoms with E-state index in [2.05, 4.69) is 31.4 Å². The number of esters is 4. The van der Waals surface area contributed by atoms with Crippen LogP contribution in [0.25, 0.3) is 0 Å². The predicted octanol–water partition coefficient (Wildman–Crippen LogP) is 16.2. The van der Waals surface area contributed by atoms with Crippen molar-refractivity contribution in [1.82, 2.24) is 10.6 Å². The molecule has 3 aromatic rings. The predicted molar refractivity (Wildman–Crippen MR) is 408 cm³/mol. The highest BCUT2D eigenvalue weighted by molar-refractivity contribution is 7.49. The lowest BCUT2D eigenvalue weighted by Gasteiger charge is -2.46. The first-order valence-electron chi connectivity index (χ1n) is 40.6. The third-order valence-corrected chi connectivity index (χ3v) is 20.5. The summed E-state index contributed by atoms with van der Waals surface area (Å²) < 4.78 is 84.9. The topological polar surface area (TPSA) is 306 Å². The number of ether oxygens (including phenoxy) is 8. The van der Waals surface area contributed by atoms with E-state index in [1.165, 1.54) is 62.8 Å². The second kappa shape index (κ2) is 54.6. The summed E-state index contributed by atoms with van der Waals surface area (Å²) in [6.45, 7) is 10.3. The van der Waals surface area contributed by atoms with Crippen LogP contribution in [0.15, 0.2) is 91.0 Å². The molecule has 13 atom stereocenters. The molecule has 107 heavy (non-hydrogen) atoms. The first-order valence-corrected chi connectivity index (χ1v) is 42.1. The highest BCUT2D eigenvalue weighted by Gasteiger charge is 2.55. The first kappa shape index (κ1) is 91.6. The van der Waals surface area contributed by atoms with Crippen molar-refractivity contribution in [3.8, 4) is 11.5 Å². The first-order chi connectivity index (χ1) is 51.9. The number of hydrogen-bond acceptors (Lipinski definition) is 21. The molecule has 2 amide bonds. The summed E-state index contributed by atoms with van der Waals surface area (Å²) in [6.07, 6.45) is 10.6. The van der Waals surface area contributed by atoms with Gasteiger partial charge in [-0.15, -0.1) is 0 Å². The Morgan fingerprint density at radius 2 is 0.804 bits per heavy atom. The number of amides is 2. The van der Waals surface area contributed by atoms with Crippen molar-refractivity contribution in [3.05, 3.63) is 96.6 Å². The molecular formula is C83H131N2O21P. The number of carbonyl (C=O) groups is 6. The monoisotopic (exact) mass is 1520 g/mol. The van der Waals surface area contributed by atoms with Gasteiger partial charge >= 0.3 is 31.7 Å². The van der Waals surface area contributed by atoms with E-state index in [0.717, 1.165) is 103 Å². The fraction of sp³-hybridized carbons (Fsp3) is 0.711. The second-order valence-corrected chi connectivity index (χ2v) is 30.2. The zero-order valence-corrected chi connectivity index (χ0v) is 66.0. The number of rotatable bonds is 59. The largest absolute Gasteiger partial charge is 0.588 e. The van der Waals surface area contributed by atoms with Gasteiger partial charge < -0.3 is 72.9 Å². The SMILES string of the molecule is CCCCCCCCCCC[C@H](CC(=O)N[C@H]1[C@H](OCc2ccccc2)O[C@H](CO[C@@H]2O[C@H](CO)[C@@H](OP(=O)(Oc3ccccc3)Oc3ccccc3)[C@H](OC(=O)C[C@@H](CCCCCCCCCCC)OC(=O)CCC)[C@H]2NC(=O)C[C@@H](CCCCCCCCC)OC(=O)CCC)[C@@H](O)[C@@H]1O)OC(=O)CCC. The number of benzene rings is 3. The van der Waals surface area contributed by atoms with Crippen molar-refractivity contribution in [2.45, 2.75) is 365 Å². The summed E-state index contributed by atoms with van der Waals surface area (Å²) in [4.78, 5) is 84.2. The third kappa shape index (κ3) is 37.0. The molecule has 5 N–H and O–H groups in total. The average molecular weight is 1520 g/mol. The molecule has 2 heterocycles. The van der Waals surface area contributed by atoms with Gasteiger partial charge in [-0.3, -0.25) is 33.3 Å². The Balaban J connectivity index is 1.56. The maximum Gasteiger partial charge on any atom is 0.588 e. The minimum absolute atomic E-state index is 0.0315. The van der Waals surface area contributed by atoms with Crippen molar-refractivity contribution in [3.63, 3.8) is 0 Å². The maximum atomic E-state index is 15.6. The van der Waals surface area contributed by atoms with Crippen LogP contribution in [0.2, 0.25) is 0 Å². The maximum absolute atomic E-state index is 15.6. The minimum atomic E-state index is -5.05. The summed E-state index contributed by atoms with van der Waals surface area (Å²) in [5.74, 6) is -3.72. The van der Waals surface area contributed by atoms with Crippen LogP contribution >= 0.6 is 7.82 Å². The molecule has 24 heteroatoms. The van der Waals surface area contributed by atoms with Crippen molar-refractivity contribution in [1.29, 1.82) is 0 Å². The van der Waals surface area contributed by atoms with Gasteiger partial charge in [-0.2, -0.15) is 0 Å². The normalized spacial score (nSPS) is 20.9. The van der Waals surface area contributed by atoms with Gasteiger partial charge in [0.15, 0.2) is 18.7 Å². The molecule has 2 saturated heterocycles. The molecule has 0 spiro atoms. The molecule has 3 aromatic carbocycles. The van der Waals surface area contributed by atoms with Gasteiger partial charge in [0.2, 0.25) is 11.8 Å². The second-order valence-electron chi connectivity index (χ2n) is 28.7. The summed E-state index contributed by atoms with van der Waals surface area (Å²) in [7, 11) is -5.05. The van der Waals surface area contributed by atoms with Gasteiger partial charge in [-0.25, -0.2) is 4.57 Å². The highest BCUT2D eigenvalue weighted by atomic mass is 31.2. The fourth-order valence-corrected chi connectivity index (χ4v) is 14.7. The Morgan fingerprint density at radius 1 is 0.430 bits per heavy atom. The number of phosphoric acid groups is 1. The van der Waals surface area contributed by atoms with Crippen LogP contribution in [0.5, 0.6) is 11.5 Å². The molecule has 0 bridgehead atoms. The molecule has 0 saturated carbocycles. The Hall–Kier alpha value is -6.01. The molecule has 5 rings (SSSR count). The highest BCUT2D eigenvalue weighted by Crippen LogP contribution is 2.52. The third-order valence-electron chi connectivity index (χ3n) is 19.2. The van der Waals surface area contributed by atoms with E-state index in [1.807, 2.05) is 39.0 Å². The van der Waals surface area contributed by atoms with E-state index in [0.29, 0.717) is 63.4 Å². The molecule has 2 aliphatic heterocycles. The van der Waals surface area contributed by atoms with Gasteiger partial charge in [0, 0.05) is 19.3 Å². The van der Waals surface area contributed by atoms with Crippen LogP contribution < -0.4 is 19.7 Å². The Morgan fingerprint density at radius 3 is 1.21 bits per heavy atom. The Bertz CT molecular complexity index is 2890. The minimum Gasteiger partial charge on any atom is -0.462 e. The van der Waals surface area contributed by atoms with E-state index >= 15 is 14.2 Å². The molecule has 604 valence electrons. The quantitative estimate of drug-likeness (QED) is 0.0152. The number of nitrogens with one attached hydrogen (secondary N) is 2. The van der Waals surface area contributed by atoms with E-state index < -0.39 is 149 Å². The smallest absolute Gasteiger partial charge is 0.462 e. The number of phosphoric ester groups is 1. The van der Waals surface area contributed by atoms with E-state index in [4.69, 9.17) is 51.5 Å². The number of aliphatic hydroxyl groups is 3. The Labute approximate surface area is 638 Å². The van der Waals surface area contributed by atoms with Crippen molar-refractivity contribution in [2.75, 3.05) is 13.2 Å². The van der Waals surface area contributed by atoms with Crippen molar-refractivity contribution < 1.29 is 100 Å². The summed E-state index contributed by atoms with van der Waals surface area (Å²) in [5.41, 5.74) is 0.701. The summed E-state index contributed by atoms with van der Waals surface area (Å²) in [6, 6.07) is 21.9. The van der Waals surface area contributed by atoms with Gasteiger partial charge in [0.25, 0.3) is 0 Å². The van der Waals surface area contributed by atoms with E-state index in [-0.39, 0.29) is 43.8 Å². The number of hydrogen-bond donors (Lipinski definition) is 5.